The molecule has 0 aliphatic heterocycles. The van der Waals surface area contributed by atoms with Crippen molar-refractivity contribution in [1.29, 1.82) is 0 Å². The van der Waals surface area contributed by atoms with Gasteiger partial charge in [-0.25, -0.2) is 9.97 Å². The third-order valence-electron chi connectivity index (χ3n) is 3.63. The first-order valence-corrected chi connectivity index (χ1v) is 6.25. The molecule has 0 bridgehead atoms. The van der Waals surface area contributed by atoms with Crippen LogP contribution in [-0.4, -0.2) is 26.2 Å². The van der Waals surface area contributed by atoms with Crippen LogP contribution in [0.25, 0.3) is 11.0 Å². The fourth-order valence-electron chi connectivity index (χ4n) is 2.70. The molecule has 0 unspecified atom stereocenters. The Bertz CT molecular complexity index is 540. The number of halogens is 1. The van der Waals surface area contributed by atoms with Crippen LogP contribution in [0.1, 0.15) is 25.3 Å². The van der Waals surface area contributed by atoms with E-state index >= 15 is 0 Å². The molecule has 0 aromatic carbocycles. The highest BCUT2D eigenvalue weighted by Crippen LogP contribution is 2.36. The van der Waals surface area contributed by atoms with Gasteiger partial charge in [0.15, 0.2) is 0 Å². The largest absolute Gasteiger partial charge is 0.396 e. The van der Waals surface area contributed by atoms with Crippen LogP contribution in [0.4, 0.5) is 0 Å². The van der Waals surface area contributed by atoms with Crippen LogP contribution in [0.15, 0.2) is 18.6 Å². The van der Waals surface area contributed by atoms with Gasteiger partial charge in [-0.15, -0.1) is 0 Å². The number of fused-ring (bicyclic) bond motifs is 1. The molecule has 17 heavy (non-hydrogen) atoms. The molecule has 3 rings (SSSR count). The van der Waals surface area contributed by atoms with Gasteiger partial charge in [-0.1, -0.05) is 11.6 Å². The summed E-state index contributed by atoms with van der Waals surface area (Å²) < 4.78 is 2.17. The average Bonchev–Trinajstić information content (AvgIpc) is 2.94. The molecule has 0 radical (unpaired) electrons. The number of hydrogen-bond donors (Lipinski definition) is 1. The van der Waals surface area contributed by atoms with Crippen LogP contribution in [-0.2, 0) is 0 Å². The Hall–Kier alpha value is -1.13. The van der Waals surface area contributed by atoms with Crippen molar-refractivity contribution in [3.8, 4) is 0 Å². The van der Waals surface area contributed by atoms with E-state index in [0.717, 1.165) is 30.3 Å². The van der Waals surface area contributed by atoms with E-state index in [2.05, 4.69) is 14.5 Å². The second kappa shape index (κ2) is 4.27. The van der Waals surface area contributed by atoms with Crippen molar-refractivity contribution in [1.82, 2.24) is 14.5 Å². The van der Waals surface area contributed by atoms with Crippen LogP contribution in [0.3, 0.4) is 0 Å². The first-order valence-electron chi connectivity index (χ1n) is 5.87. The number of aliphatic hydroxyl groups is 1. The number of nitrogens with zero attached hydrogens (tertiary/aromatic N) is 3. The lowest BCUT2D eigenvalue weighted by atomic mass is 10.1. The summed E-state index contributed by atoms with van der Waals surface area (Å²) >= 11 is 6.03. The Kier molecular flexibility index (Phi) is 2.76. The summed E-state index contributed by atoms with van der Waals surface area (Å²) in [5.74, 6) is 0.426. The van der Waals surface area contributed by atoms with Crippen LogP contribution < -0.4 is 0 Å². The highest BCUT2D eigenvalue weighted by molar-refractivity contribution is 6.33. The van der Waals surface area contributed by atoms with Crippen molar-refractivity contribution in [2.45, 2.75) is 25.3 Å². The molecule has 90 valence electrons. The van der Waals surface area contributed by atoms with E-state index in [0.29, 0.717) is 17.1 Å². The predicted octanol–water partition coefficient (Wildman–Crippen LogP) is 2.42. The molecule has 1 saturated carbocycles. The molecule has 2 atom stereocenters. The molecule has 2 aromatic heterocycles. The number of rotatable bonds is 2. The first kappa shape index (κ1) is 11.0. The summed E-state index contributed by atoms with van der Waals surface area (Å²) in [5.41, 5.74) is 0.897. The maximum absolute atomic E-state index is 9.18. The van der Waals surface area contributed by atoms with Gasteiger partial charge in [0, 0.05) is 18.8 Å². The van der Waals surface area contributed by atoms with E-state index in [1.807, 2.05) is 12.3 Å². The maximum atomic E-state index is 9.18. The molecule has 2 heterocycles. The van der Waals surface area contributed by atoms with E-state index in [1.54, 1.807) is 0 Å². The predicted molar refractivity (Wildman–Crippen MR) is 66.0 cm³/mol. The number of aliphatic hydroxyl groups excluding tert-OH is 1. The van der Waals surface area contributed by atoms with Gasteiger partial charge in [-0.3, -0.25) is 0 Å². The van der Waals surface area contributed by atoms with Gasteiger partial charge in [0.25, 0.3) is 0 Å². The zero-order valence-corrected chi connectivity index (χ0v) is 10.1. The van der Waals surface area contributed by atoms with Crippen LogP contribution in [0.5, 0.6) is 0 Å². The molecular formula is C12H14ClN3O. The standard InChI is InChI=1S/C12H14ClN3O/c13-11-10-3-4-16(12(10)15-7-14-11)9-2-1-8(5-9)6-17/h3-4,7-9,17H,1-2,5-6H2/t8-,9+/m1/s1. The molecule has 0 amide bonds. The molecule has 4 nitrogen and oxygen atoms in total. The van der Waals surface area contributed by atoms with Crippen LogP contribution >= 0.6 is 11.6 Å². The molecule has 1 aliphatic carbocycles. The van der Waals surface area contributed by atoms with Crippen molar-refractivity contribution in [2.24, 2.45) is 5.92 Å². The van der Waals surface area contributed by atoms with Gasteiger partial charge in [-0.2, -0.15) is 0 Å². The third-order valence-corrected chi connectivity index (χ3v) is 3.93. The Balaban J connectivity index is 1.99. The summed E-state index contributed by atoms with van der Waals surface area (Å²) in [5, 5.41) is 10.6. The fourth-order valence-corrected chi connectivity index (χ4v) is 2.89. The van der Waals surface area contributed by atoms with Crippen molar-refractivity contribution in [3.05, 3.63) is 23.7 Å². The van der Waals surface area contributed by atoms with Gasteiger partial charge in [0.1, 0.15) is 17.1 Å². The van der Waals surface area contributed by atoms with Crippen molar-refractivity contribution >= 4 is 22.6 Å². The van der Waals surface area contributed by atoms with Crippen molar-refractivity contribution in [2.75, 3.05) is 6.61 Å². The van der Waals surface area contributed by atoms with E-state index in [4.69, 9.17) is 11.6 Å². The van der Waals surface area contributed by atoms with Gasteiger partial charge in [0.2, 0.25) is 0 Å². The average molecular weight is 252 g/mol. The highest BCUT2D eigenvalue weighted by Gasteiger charge is 2.26. The van der Waals surface area contributed by atoms with Gasteiger partial charge in [-0.05, 0) is 31.2 Å². The molecule has 2 aromatic rings. The SMILES string of the molecule is OC[C@@H]1CC[C@H](n2ccc3c(Cl)ncnc32)C1. The highest BCUT2D eigenvalue weighted by atomic mass is 35.5. The van der Waals surface area contributed by atoms with Gasteiger partial charge >= 0.3 is 0 Å². The molecule has 1 fully saturated rings. The maximum Gasteiger partial charge on any atom is 0.145 e. The quantitative estimate of drug-likeness (QED) is 0.834. The zero-order chi connectivity index (χ0) is 11.8. The fraction of sp³-hybridized carbons (Fsp3) is 0.500. The third kappa shape index (κ3) is 1.81. The summed E-state index contributed by atoms with van der Waals surface area (Å²) in [4.78, 5) is 8.28. The second-order valence-corrected chi connectivity index (χ2v) is 5.00. The van der Waals surface area contributed by atoms with E-state index in [9.17, 15) is 5.11 Å². The van der Waals surface area contributed by atoms with Crippen molar-refractivity contribution < 1.29 is 5.11 Å². The zero-order valence-electron chi connectivity index (χ0n) is 9.38. The normalized spacial score (nSPS) is 24.6. The summed E-state index contributed by atoms with van der Waals surface area (Å²) in [6, 6.07) is 2.39. The minimum Gasteiger partial charge on any atom is -0.396 e. The Morgan fingerprint density at radius 1 is 1.41 bits per heavy atom. The topological polar surface area (TPSA) is 50.9 Å². The number of aromatic nitrogens is 3. The summed E-state index contributed by atoms with van der Waals surface area (Å²) in [6.07, 6.45) is 6.72. The monoisotopic (exact) mass is 251 g/mol. The smallest absolute Gasteiger partial charge is 0.145 e. The lowest BCUT2D eigenvalue weighted by Crippen LogP contribution is -2.06. The number of hydrogen-bond acceptors (Lipinski definition) is 3. The molecule has 1 aliphatic rings. The van der Waals surface area contributed by atoms with Gasteiger partial charge in [0.05, 0.1) is 5.39 Å². The Labute approximate surface area is 104 Å². The summed E-state index contributed by atoms with van der Waals surface area (Å²) in [7, 11) is 0. The molecule has 0 saturated heterocycles. The Morgan fingerprint density at radius 3 is 3.06 bits per heavy atom. The van der Waals surface area contributed by atoms with Crippen LogP contribution in [0.2, 0.25) is 5.15 Å². The molecular weight excluding hydrogens is 238 g/mol. The minimum absolute atomic E-state index is 0.283. The summed E-state index contributed by atoms with van der Waals surface area (Å²) in [6.45, 7) is 0.283. The van der Waals surface area contributed by atoms with E-state index in [-0.39, 0.29) is 6.61 Å². The molecule has 5 heteroatoms. The first-order chi connectivity index (χ1) is 8.29. The molecule has 0 spiro atoms. The lowest BCUT2D eigenvalue weighted by molar-refractivity contribution is 0.226. The molecule has 1 N–H and O–H groups in total. The van der Waals surface area contributed by atoms with Gasteiger partial charge < -0.3 is 9.67 Å². The lowest BCUT2D eigenvalue weighted by Gasteiger charge is -2.13. The minimum atomic E-state index is 0.283. The van der Waals surface area contributed by atoms with Crippen molar-refractivity contribution in [3.63, 3.8) is 0 Å². The van der Waals surface area contributed by atoms with E-state index < -0.39 is 0 Å². The Morgan fingerprint density at radius 2 is 2.29 bits per heavy atom. The van der Waals surface area contributed by atoms with E-state index in [1.165, 1.54) is 6.33 Å². The van der Waals surface area contributed by atoms with Crippen LogP contribution in [0, 0.1) is 5.92 Å². The second-order valence-electron chi connectivity index (χ2n) is 4.64.